The Hall–Kier alpha value is -5.78. The summed E-state index contributed by atoms with van der Waals surface area (Å²) < 4.78 is 338. The van der Waals surface area contributed by atoms with Gasteiger partial charge in [0.25, 0.3) is 0 Å². The van der Waals surface area contributed by atoms with Gasteiger partial charge in [-0.25, -0.2) is 0 Å². The number of alkyl halides is 24. The van der Waals surface area contributed by atoms with E-state index in [0.29, 0.717) is 28.8 Å². The van der Waals surface area contributed by atoms with Crippen LogP contribution in [0.3, 0.4) is 0 Å². The number of benzene rings is 5. The van der Waals surface area contributed by atoms with E-state index in [1.165, 1.54) is 0 Å². The lowest BCUT2D eigenvalue weighted by molar-refractivity contribution is -0.150. The molecule has 5 aromatic carbocycles. The van der Waals surface area contributed by atoms with E-state index in [9.17, 15) is 105 Å². The Bertz CT molecular complexity index is 2510. The van der Waals surface area contributed by atoms with Crippen molar-refractivity contribution < 1.29 is 105 Å². The molecule has 25 heteroatoms. The van der Waals surface area contributed by atoms with Gasteiger partial charge in [0, 0.05) is 27.6 Å². The first-order valence-corrected chi connectivity index (χ1v) is 16.5. The molecular weight excluding hydrogens is 926 g/mol. The molecule has 0 fully saturated rings. The molecule has 338 valence electrons. The lowest BCUT2D eigenvalue weighted by Gasteiger charge is -2.22. The number of nitrogens with zero attached hydrogens (tertiary/aromatic N) is 1. The summed E-state index contributed by atoms with van der Waals surface area (Å²) in [6, 6.07) is -1.39. The molecule has 63 heavy (non-hydrogen) atoms. The minimum atomic E-state index is -6.07. The highest BCUT2D eigenvalue weighted by Gasteiger charge is 2.47. The zero-order valence-corrected chi connectivity index (χ0v) is 29.5. The number of aromatic nitrogens is 1. The smallest absolute Gasteiger partial charge is 0.309 e. The van der Waals surface area contributed by atoms with Gasteiger partial charge >= 0.3 is 49.4 Å². The maximum absolute atomic E-state index is 14.4. The Kier molecular flexibility index (Phi) is 10.7. The van der Waals surface area contributed by atoms with E-state index in [-0.39, 0.29) is 24.3 Å². The normalized spacial score (nSPS) is 14.0. The molecule has 0 N–H and O–H groups in total. The van der Waals surface area contributed by atoms with Crippen LogP contribution in [0, 0.1) is 0 Å². The number of hydrogen-bond donors (Lipinski definition) is 0. The number of rotatable bonds is 3. The van der Waals surface area contributed by atoms with E-state index in [1.54, 1.807) is 0 Å². The zero-order valence-electron chi connectivity index (χ0n) is 29.5. The zero-order chi connectivity index (χ0) is 47.6. The van der Waals surface area contributed by atoms with E-state index in [2.05, 4.69) is 0 Å². The average Bonchev–Trinajstić information content (AvgIpc) is 3.43. The summed E-state index contributed by atoms with van der Waals surface area (Å²) in [4.78, 5) is 0. The van der Waals surface area contributed by atoms with Crippen LogP contribution in [-0.4, -0.2) is 4.57 Å². The summed E-state index contributed by atoms with van der Waals surface area (Å²) in [6.07, 6.45) is -47.2. The van der Waals surface area contributed by atoms with Crippen molar-refractivity contribution in [1.82, 2.24) is 4.57 Å². The van der Waals surface area contributed by atoms with Crippen molar-refractivity contribution in [3.05, 3.63) is 123 Å². The summed E-state index contributed by atoms with van der Waals surface area (Å²) in [5.74, 6) is 0. The molecule has 0 saturated carbocycles. The quantitative estimate of drug-likeness (QED) is 0.156. The Morgan fingerprint density at radius 3 is 0.762 bits per heavy atom. The third-order valence-corrected chi connectivity index (χ3v) is 9.33. The SMILES string of the molecule is FC(F)(F)c1cc(-n2c3ccc(-c4c(C(F)(F)F)cc(C(F)(F)F)cc4C(F)(F)F)cc3c3cc(-c4c(C(F)(F)F)cc(C(F)(F)F)cc4C(F)(F)F)ccc32)cc(C(F)(F)F)c1. The second-order valence-corrected chi connectivity index (χ2v) is 13.4. The number of hydrogen-bond acceptors (Lipinski definition) is 0. The number of halogens is 24. The fourth-order valence-electron chi connectivity index (χ4n) is 6.81. The van der Waals surface area contributed by atoms with Crippen LogP contribution in [0.5, 0.6) is 0 Å². The predicted octanol–water partition coefficient (Wildman–Crippen LogP) is 16.3. The van der Waals surface area contributed by atoms with Gasteiger partial charge < -0.3 is 4.57 Å². The van der Waals surface area contributed by atoms with Crippen molar-refractivity contribution >= 4 is 21.8 Å². The van der Waals surface area contributed by atoms with Crippen LogP contribution >= 0.6 is 0 Å². The van der Waals surface area contributed by atoms with Gasteiger partial charge in [0.15, 0.2) is 0 Å². The van der Waals surface area contributed by atoms with Crippen LogP contribution in [0.4, 0.5) is 105 Å². The van der Waals surface area contributed by atoms with Crippen molar-refractivity contribution in [3.8, 4) is 27.9 Å². The van der Waals surface area contributed by atoms with E-state index >= 15 is 0 Å². The third-order valence-electron chi connectivity index (χ3n) is 9.33. The maximum atomic E-state index is 14.4. The Labute approximate surface area is 332 Å². The lowest BCUT2D eigenvalue weighted by atomic mass is 9.89. The molecule has 0 radical (unpaired) electrons. The fourth-order valence-corrected chi connectivity index (χ4v) is 6.81. The maximum Gasteiger partial charge on any atom is 0.417 e. The van der Waals surface area contributed by atoms with E-state index in [4.69, 9.17) is 0 Å². The predicted molar refractivity (Wildman–Crippen MR) is 172 cm³/mol. The molecule has 0 spiro atoms. The molecular formula is C38H13F24N. The van der Waals surface area contributed by atoms with Crippen LogP contribution in [-0.2, 0) is 49.4 Å². The first-order valence-electron chi connectivity index (χ1n) is 16.5. The highest BCUT2D eigenvalue weighted by atomic mass is 19.4. The van der Waals surface area contributed by atoms with Crippen molar-refractivity contribution in [2.24, 2.45) is 0 Å². The molecule has 1 nitrogen and oxygen atoms in total. The van der Waals surface area contributed by atoms with Gasteiger partial charge in [0.2, 0.25) is 0 Å². The highest BCUT2D eigenvalue weighted by Crippen LogP contribution is 2.51. The molecule has 1 aromatic heterocycles. The molecule has 0 atom stereocenters. The minimum Gasteiger partial charge on any atom is -0.309 e. The molecule has 0 aliphatic heterocycles. The van der Waals surface area contributed by atoms with Crippen LogP contribution in [0.15, 0.2) is 78.9 Å². The molecule has 0 aliphatic carbocycles. The molecule has 0 amide bonds. The highest BCUT2D eigenvalue weighted by molar-refractivity contribution is 6.12. The number of fused-ring (bicyclic) bond motifs is 3. The monoisotopic (exact) mass is 939 g/mol. The molecule has 6 aromatic rings. The summed E-state index contributed by atoms with van der Waals surface area (Å²) in [7, 11) is 0. The van der Waals surface area contributed by atoms with Gasteiger partial charge in [-0.15, -0.1) is 0 Å². The van der Waals surface area contributed by atoms with Crippen molar-refractivity contribution in [2.45, 2.75) is 49.4 Å². The minimum absolute atomic E-state index is 0.0225. The van der Waals surface area contributed by atoms with Crippen molar-refractivity contribution in [1.29, 1.82) is 0 Å². The van der Waals surface area contributed by atoms with Gasteiger partial charge in [0.1, 0.15) is 0 Å². The largest absolute Gasteiger partial charge is 0.417 e. The third kappa shape index (κ3) is 8.91. The summed E-state index contributed by atoms with van der Waals surface area (Å²) in [5.41, 5.74) is -29.2. The van der Waals surface area contributed by atoms with Gasteiger partial charge in [-0.1, -0.05) is 12.1 Å². The van der Waals surface area contributed by atoms with Crippen LogP contribution in [0.25, 0.3) is 49.7 Å². The van der Waals surface area contributed by atoms with Gasteiger partial charge in [-0.2, -0.15) is 105 Å². The Balaban J connectivity index is 1.84. The van der Waals surface area contributed by atoms with E-state index in [1.807, 2.05) is 0 Å². The molecule has 6 rings (SSSR count). The van der Waals surface area contributed by atoms with Crippen LogP contribution in [0.2, 0.25) is 0 Å². The summed E-state index contributed by atoms with van der Waals surface area (Å²) in [6.45, 7) is 0. The second-order valence-electron chi connectivity index (χ2n) is 13.4. The summed E-state index contributed by atoms with van der Waals surface area (Å²) in [5, 5.41) is -1.93. The molecule has 1 heterocycles. The van der Waals surface area contributed by atoms with Crippen LogP contribution < -0.4 is 0 Å². The Morgan fingerprint density at radius 1 is 0.270 bits per heavy atom. The lowest BCUT2D eigenvalue weighted by Crippen LogP contribution is -2.18. The first kappa shape index (κ1) is 46.7. The van der Waals surface area contributed by atoms with Crippen molar-refractivity contribution in [2.75, 3.05) is 0 Å². The topological polar surface area (TPSA) is 4.93 Å². The second kappa shape index (κ2) is 14.4. The summed E-state index contributed by atoms with van der Waals surface area (Å²) >= 11 is 0. The molecule has 0 unspecified atom stereocenters. The Morgan fingerprint density at radius 2 is 0.524 bits per heavy atom. The first-order chi connectivity index (χ1) is 28.3. The van der Waals surface area contributed by atoms with Gasteiger partial charge in [-0.3, -0.25) is 0 Å². The fraction of sp³-hybridized carbons (Fsp3) is 0.211. The van der Waals surface area contributed by atoms with E-state index in [0.717, 1.165) is 0 Å². The van der Waals surface area contributed by atoms with Gasteiger partial charge in [0.05, 0.1) is 55.5 Å². The molecule has 0 aliphatic rings. The molecule has 0 bridgehead atoms. The van der Waals surface area contributed by atoms with E-state index < -0.39 is 174 Å². The van der Waals surface area contributed by atoms with Crippen molar-refractivity contribution in [3.63, 3.8) is 0 Å². The van der Waals surface area contributed by atoms with Gasteiger partial charge in [-0.05, 0) is 77.9 Å². The van der Waals surface area contributed by atoms with Crippen LogP contribution in [0.1, 0.15) is 44.5 Å². The average molecular weight is 939 g/mol. The standard InChI is InChI=1S/C38H13F24N/c39-31(40,41)16-7-17(32(42,43)44)9-20(8-16)63-27-3-1-14(29-23(35(51,52)53)10-18(33(45,46)47)11-24(29)36(54,55)56)5-21(27)22-6-15(2-4-28(22)63)30-25(37(57,58)59)12-19(34(48,49)50)13-26(30)38(60,61)62/h1-13H. The molecule has 0 saturated heterocycles.